The standard InChI is InChI=1S/C28H27F5N6O/c1-3-16(10-15-6-8-39(13-15)9-7-34)25-22(28(35)38-14-37-25)26(36-2)18-5-4-17(11-19(18)29)40-27-23(32)20(30)12-21(31)24(27)33/h4-5,11-12,14-16H,3,6,8-10,13H2,1-2H3,(H2,35,37,38)/t15-,16?/m0/s1. The van der Waals surface area contributed by atoms with Crippen molar-refractivity contribution in [3.05, 3.63) is 76.5 Å². The second kappa shape index (κ2) is 12.4. The van der Waals surface area contributed by atoms with Crippen LogP contribution in [0.25, 0.3) is 0 Å². The van der Waals surface area contributed by atoms with Crippen molar-refractivity contribution in [2.45, 2.75) is 32.1 Å². The molecule has 3 aromatic rings. The summed E-state index contributed by atoms with van der Waals surface area (Å²) in [5.74, 6) is -9.03. The van der Waals surface area contributed by atoms with Gasteiger partial charge in [0.15, 0.2) is 11.6 Å². The maximum Gasteiger partial charge on any atom is 0.204 e. The summed E-state index contributed by atoms with van der Waals surface area (Å²) < 4.78 is 75.6. The van der Waals surface area contributed by atoms with Crippen molar-refractivity contribution in [2.24, 2.45) is 10.9 Å². The third-order valence-electron chi connectivity index (χ3n) is 7.02. The lowest BCUT2D eigenvalue weighted by Crippen LogP contribution is -2.22. The number of nitriles is 1. The summed E-state index contributed by atoms with van der Waals surface area (Å²) in [4.78, 5) is 15.0. The topological polar surface area (TPSA) is 100 Å². The van der Waals surface area contributed by atoms with Gasteiger partial charge in [-0.3, -0.25) is 9.89 Å². The quantitative estimate of drug-likeness (QED) is 0.156. The first kappa shape index (κ1) is 28.9. The number of aliphatic imine (C=N–C) groups is 1. The first-order valence-corrected chi connectivity index (χ1v) is 12.7. The normalized spacial score (nSPS) is 16.6. The van der Waals surface area contributed by atoms with E-state index in [2.05, 4.69) is 25.9 Å². The Morgan fingerprint density at radius 1 is 1.15 bits per heavy atom. The SMILES string of the molecule is CCC(C[C@@H]1CCN(CC#N)C1)c1ncnc(N)c1C(=NC)c1ccc(Oc2c(F)c(F)cc(F)c2F)cc1F. The van der Waals surface area contributed by atoms with E-state index in [1.807, 2.05) is 6.92 Å². The van der Waals surface area contributed by atoms with Crippen LogP contribution in [-0.2, 0) is 0 Å². The van der Waals surface area contributed by atoms with Crippen LogP contribution in [0.4, 0.5) is 27.8 Å². The molecule has 12 heteroatoms. The van der Waals surface area contributed by atoms with E-state index in [-0.39, 0.29) is 29.1 Å². The minimum atomic E-state index is -1.75. The number of halogens is 5. The highest BCUT2D eigenvalue weighted by molar-refractivity contribution is 6.16. The summed E-state index contributed by atoms with van der Waals surface area (Å²) in [5, 5.41) is 9.00. The smallest absolute Gasteiger partial charge is 0.204 e. The van der Waals surface area contributed by atoms with Gasteiger partial charge in [0.2, 0.25) is 17.4 Å². The van der Waals surface area contributed by atoms with Crippen molar-refractivity contribution in [2.75, 3.05) is 32.4 Å². The van der Waals surface area contributed by atoms with Crippen molar-refractivity contribution in [1.29, 1.82) is 5.26 Å². The fraction of sp³-hybridized carbons (Fsp3) is 0.357. The van der Waals surface area contributed by atoms with Crippen molar-refractivity contribution in [3.63, 3.8) is 0 Å². The van der Waals surface area contributed by atoms with Gasteiger partial charge in [-0.2, -0.15) is 14.0 Å². The van der Waals surface area contributed by atoms with Gasteiger partial charge in [0.25, 0.3) is 0 Å². The predicted octanol–water partition coefficient (Wildman–Crippen LogP) is 5.74. The van der Waals surface area contributed by atoms with E-state index < -0.39 is 40.6 Å². The van der Waals surface area contributed by atoms with Crippen LogP contribution in [0, 0.1) is 46.3 Å². The molecule has 2 N–H and O–H groups in total. The van der Waals surface area contributed by atoms with Gasteiger partial charge in [-0.05, 0) is 43.9 Å². The highest BCUT2D eigenvalue weighted by Gasteiger charge is 2.30. The van der Waals surface area contributed by atoms with Gasteiger partial charge in [0, 0.05) is 37.2 Å². The molecule has 1 aromatic heterocycles. The Hall–Kier alpha value is -4.11. The maximum absolute atomic E-state index is 15.4. The van der Waals surface area contributed by atoms with E-state index >= 15 is 4.39 Å². The highest BCUT2D eigenvalue weighted by atomic mass is 19.2. The molecule has 0 radical (unpaired) electrons. The average Bonchev–Trinajstić information content (AvgIpc) is 3.38. The monoisotopic (exact) mass is 558 g/mol. The Labute approximate surface area is 228 Å². The Balaban J connectivity index is 1.66. The third kappa shape index (κ3) is 5.89. The number of rotatable bonds is 9. The van der Waals surface area contributed by atoms with Crippen molar-refractivity contribution in [3.8, 4) is 17.6 Å². The van der Waals surface area contributed by atoms with E-state index in [9.17, 15) is 17.6 Å². The Morgan fingerprint density at radius 3 is 2.50 bits per heavy atom. The Bertz CT molecular complexity index is 1450. The van der Waals surface area contributed by atoms with Gasteiger partial charge in [0.05, 0.1) is 29.6 Å². The van der Waals surface area contributed by atoms with Crippen LogP contribution in [-0.4, -0.2) is 47.3 Å². The van der Waals surface area contributed by atoms with E-state index in [0.29, 0.717) is 30.1 Å². The number of nitrogens with zero attached hydrogens (tertiary/aromatic N) is 5. The number of hydrogen-bond acceptors (Lipinski definition) is 7. The molecule has 40 heavy (non-hydrogen) atoms. The van der Waals surface area contributed by atoms with Crippen LogP contribution in [0.3, 0.4) is 0 Å². The van der Waals surface area contributed by atoms with E-state index in [1.165, 1.54) is 25.5 Å². The molecule has 4 rings (SSSR count). The number of hydrogen-bond donors (Lipinski definition) is 1. The molecule has 2 aromatic carbocycles. The summed E-state index contributed by atoms with van der Waals surface area (Å²) in [5.41, 5.74) is 7.37. The number of aromatic nitrogens is 2. The summed E-state index contributed by atoms with van der Waals surface area (Å²) >= 11 is 0. The molecule has 7 nitrogen and oxygen atoms in total. The molecule has 210 valence electrons. The molecule has 0 aliphatic carbocycles. The minimum Gasteiger partial charge on any atom is -0.451 e. The molecular weight excluding hydrogens is 531 g/mol. The molecule has 0 saturated carbocycles. The van der Waals surface area contributed by atoms with Crippen LogP contribution in [0.1, 0.15) is 48.9 Å². The van der Waals surface area contributed by atoms with E-state index in [4.69, 9.17) is 15.7 Å². The second-order valence-corrected chi connectivity index (χ2v) is 9.52. The van der Waals surface area contributed by atoms with Crippen molar-refractivity contribution >= 4 is 11.5 Å². The third-order valence-corrected chi connectivity index (χ3v) is 7.02. The molecule has 1 fully saturated rings. The zero-order valence-corrected chi connectivity index (χ0v) is 21.9. The predicted molar refractivity (Wildman–Crippen MR) is 139 cm³/mol. The van der Waals surface area contributed by atoms with Crippen molar-refractivity contribution < 1.29 is 26.7 Å². The van der Waals surface area contributed by atoms with E-state index in [0.717, 1.165) is 32.0 Å². The summed E-state index contributed by atoms with van der Waals surface area (Å²) in [6, 6.07) is 5.49. The second-order valence-electron chi connectivity index (χ2n) is 9.52. The largest absolute Gasteiger partial charge is 0.451 e. The van der Waals surface area contributed by atoms with Gasteiger partial charge in [-0.15, -0.1) is 0 Å². The molecular formula is C28H27F5N6O. The average molecular weight is 559 g/mol. The fourth-order valence-electron chi connectivity index (χ4n) is 5.07. The summed E-state index contributed by atoms with van der Waals surface area (Å²) in [7, 11) is 1.45. The van der Waals surface area contributed by atoms with Gasteiger partial charge in [-0.1, -0.05) is 6.92 Å². The fourth-order valence-corrected chi connectivity index (χ4v) is 5.07. The number of likely N-dealkylation sites (tertiary alicyclic amines) is 1. The summed E-state index contributed by atoms with van der Waals surface area (Å²) in [6.45, 7) is 4.02. The van der Waals surface area contributed by atoms with Gasteiger partial charge < -0.3 is 10.5 Å². The minimum absolute atomic E-state index is 0.0140. The Morgan fingerprint density at radius 2 is 1.88 bits per heavy atom. The zero-order chi connectivity index (χ0) is 29.0. The highest BCUT2D eigenvalue weighted by Crippen LogP contribution is 2.36. The van der Waals surface area contributed by atoms with Crippen LogP contribution in [0.15, 0.2) is 35.6 Å². The summed E-state index contributed by atoms with van der Waals surface area (Å²) in [6.07, 6.45) is 3.77. The van der Waals surface area contributed by atoms with Gasteiger partial charge in [-0.25, -0.2) is 23.1 Å². The number of anilines is 1. The van der Waals surface area contributed by atoms with Crippen LogP contribution in [0.5, 0.6) is 11.5 Å². The number of nitrogens with two attached hydrogens (primary N) is 1. The molecule has 0 bridgehead atoms. The molecule has 1 aliphatic heterocycles. The van der Waals surface area contributed by atoms with Crippen LogP contribution < -0.4 is 10.5 Å². The molecule has 2 atom stereocenters. The van der Waals surface area contributed by atoms with E-state index in [1.54, 1.807) is 0 Å². The van der Waals surface area contributed by atoms with Crippen LogP contribution in [0.2, 0.25) is 0 Å². The van der Waals surface area contributed by atoms with Gasteiger partial charge >= 0.3 is 0 Å². The van der Waals surface area contributed by atoms with Crippen LogP contribution >= 0.6 is 0 Å². The number of ether oxygens (including phenoxy) is 1. The lowest BCUT2D eigenvalue weighted by molar-refractivity contribution is 0.347. The lowest BCUT2D eigenvalue weighted by atomic mass is 9.85. The first-order chi connectivity index (χ1) is 19.2. The molecule has 2 heterocycles. The molecule has 1 saturated heterocycles. The zero-order valence-electron chi connectivity index (χ0n) is 21.9. The Kier molecular flexibility index (Phi) is 8.94. The molecule has 1 unspecified atom stereocenters. The first-order valence-electron chi connectivity index (χ1n) is 12.7. The maximum atomic E-state index is 15.4. The van der Waals surface area contributed by atoms with Gasteiger partial charge in [0.1, 0.15) is 23.7 Å². The lowest BCUT2D eigenvalue weighted by Gasteiger charge is -2.23. The van der Waals surface area contributed by atoms with Crippen molar-refractivity contribution in [1.82, 2.24) is 14.9 Å². The molecule has 1 aliphatic rings. The molecule has 0 spiro atoms. The molecule has 0 amide bonds. The number of benzene rings is 2. The number of nitrogen functional groups attached to an aromatic ring is 1.